The highest BCUT2D eigenvalue weighted by atomic mass is 79.9. The molecule has 92 valence electrons. The first-order valence-electron chi connectivity index (χ1n) is 5.24. The summed E-state index contributed by atoms with van der Waals surface area (Å²) in [6.45, 7) is 2.48. The molecular formula is C10H13BrN4OS. The average molecular weight is 317 g/mol. The predicted molar refractivity (Wildman–Crippen MR) is 73.2 cm³/mol. The van der Waals surface area contributed by atoms with E-state index in [4.69, 9.17) is 5.73 Å². The molecule has 5 nitrogen and oxygen atoms in total. The molecule has 0 saturated carbocycles. The molecule has 0 radical (unpaired) electrons. The van der Waals surface area contributed by atoms with E-state index in [1.807, 2.05) is 13.0 Å². The fourth-order valence-corrected chi connectivity index (χ4v) is 2.56. The lowest BCUT2D eigenvalue weighted by atomic mass is 10.4. The summed E-state index contributed by atoms with van der Waals surface area (Å²) >= 11 is 3.34. The van der Waals surface area contributed by atoms with Gasteiger partial charge in [0.15, 0.2) is 5.65 Å². The molecule has 0 fully saturated rings. The number of aryl methyl sites for hydroxylation is 1. The summed E-state index contributed by atoms with van der Waals surface area (Å²) in [7, 11) is -0.808. The Hall–Kier alpha value is -0.950. The van der Waals surface area contributed by atoms with E-state index >= 15 is 0 Å². The SMILES string of the molecule is CCS(=O)CCn1c(N)nc2cc(Br)cnc21. The minimum atomic E-state index is -0.808. The van der Waals surface area contributed by atoms with E-state index in [2.05, 4.69) is 25.9 Å². The second kappa shape index (κ2) is 5.14. The molecule has 0 amide bonds. The van der Waals surface area contributed by atoms with Crippen molar-refractivity contribution in [2.45, 2.75) is 13.5 Å². The zero-order valence-electron chi connectivity index (χ0n) is 9.39. The Morgan fingerprint density at radius 2 is 2.35 bits per heavy atom. The number of pyridine rings is 1. The summed E-state index contributed by atoms with van der Waals surface area (Å²) < 4.78 is 14.1. The number of imidazole rings is 1. The zero-order chi connectivity index (χ0) is 12.4. The molecule has 0 aliphatic carbocycles. The molecule has 0 bridgehead atoms. The van der Waals surface area contributed by atoms with Gasteiger partial charge in [-0.25, -0.2) is 9.97 Å². The quantitative estimate of drug-likeness (QED) is 0.928. The molecule has 2 aromatic heterocycles. The summed E-state index contributed by atoms with van der Waals surface area (Å²) in [5.41, 5.74) is 7.31. The number of anilines is 1. The van der Waals surface area contributed by atoms with Crippen molar-refractivity contribution in [3.05, 3.63) is 16.7 Å². The van der Waals surface area contributed by atoms with Crippen molar-refractivity contribution >= 4 is 43.8 Å². The number of rotatable bonds is 4. The van der Waals surface area contributed by atoms with Crippen LogP contribution in [0.5, 0.6) is 0 Å². The molecule has 7 heteroatoms. The average Bonchev–Trinajstić information content (AvgIpc) is 2.61. The van der Waals surface area contributed by atoms with Crippen LogP contribution in [0, 0.1) is 0 Å². The first kappa shape index (κ1) is 12.5. The maximum Gasteiger partial charge on any atom is 0.202 e. The van der Waals surface area contributed by atoms with Crippen LogP contribution in [0.2, 0.25) is 0 Å². The normalized spacial score (nSPS) is 13.1. The lowest BCUT2D eigenvalue weighted by molar-refractivity contribution is 0.676. The van der Waals surface area contributed by atoms with Gasteiger partial charge in [-0.2, -0.15) is 0 Å². The highest BCUT2D eigenvalue weighted by Crippen LogP contribution is 2.19. The van der Waals surface area contributed by atoms with Gasteiger partial charge in [0.1, 0.15) is 5.52 Å². The van der Waals surface area contributed by atoms with E-state index in [0.717, 1.165) is 15.6 Å². The molecule has 0 aromatic carbocycles. The van der Waals surface area contributed by atoms with Crippen LogP contribution in [0.25, 0.3) is 11.2 Å². The summed E-state index contributed by atoms with van der Waals surface area (Å²) in [4.78, 5) is 8.51. The minimum absolute atomic E-state index is 0.415. The minimum Gasteiger partial charge on any atom is -0.369 e. The van der Waals surface area contributed by atoms with E-state index in [1.165, 1.54) is 0 Å². The van der Waals surface area contributed by atoms with Crippen LogP contribution in [0.15, 0.2) is 16.7 Å². The molecule has 0 aliphatic rings. The van der Waals surface area contributed by atoms with Crippen molar-refractivity contribution < 1.29 is 4.21 Å². The second-order valence-corrected chi connectivity index (χ2v) is 6.33. The van der Waals surface area contributed by atoms with Gasteiger partial charge in [0.25, 0.3) is 0 Å². The molecule has 0 spiro atoms. The molecule has 2 heterocycles. The van der Waals surface area contributed by atoms with E-state index in [1.54, 1.807) is 10.8 Å². The van der Waals surface area contributed by atoms with Gasteiger partial charge in [-0.3, -0.25) is 8.78 Å². The maximum absolute atomic E-state index is 11.4. The fraction of sp³-hybridized carbons (Fsp3) is 0.400. The summed E-state index contributed by atoms with van der Waals surface area (Å²) in [6, 6.07) is 1.87. The molecule has 1 atom stereocenters. The lowest BCUT2D eigenvalue weighted by Gasteiger charge is -2.04. The summed E-state index contributed by atoms with van der Waals surface area (Å²) in [5.74, 6) is 1.65. The van der Waals surface area contributed by atoms with Gasteiger partial charge in [0.2, 0.25) is 5.95 Å². The van der Waals surface area contributed by atoms with Crippen molar-refractivity contribution in [3.63, 3.8) is 0 Å². The molecular weight excluding hydrogens is 304 g/mol. The Morgan fingerprint density at radius 1 is 1.59 bits per heavy atom. The highest BCUT2D eigenvalue weighted by Gasteiger charge is 2.10. The topological polar surface area (TPSA) is 73.8 Å². The van der Waals surface area contributed by atoms with Crippen molar-refractivity contribution in [2.75, 3.05) is 17.2 Å². The smallest absolute Gasteiger partial charge is 0.202 e. The van der Waals surface area contributed by atoms with Crippen molar-refractivity contribution in [2.24, 2.45) is 0 Å². The fourth-order valence-electron chi connectivity index (χ4n) is 1.56. The number of halogens is 1. The number of nitrogens with two attached hydrogens (primary N) is 1. The van der Waals surface area contributed by atoms with Crippen LogP contribution >= 0.6 is 15.9 Å². The number of nitrogens with zero attached hydrogens (tertiary/aromatic N) is 3. The first-order chi connectivity index (χ1) is 8.11. The second-order valence-electron chi connectivity index (χ2n) is 3.55. The van der Waals surface area contributed by atoms with Crippen LogP contribution < -0.4 is 5.73 Å². The molecule has 0 aliphatic heterocycles. The predicted octanol–water partition coefficient (Wildman–Crippen LogP) is 1.54. The first-order valence-corrected chi connectivity index (χ1v) is 7.52. The van der Waals surface area contributed by atoms with Crippen LogP contribution in [0.1, 0.15) is 6.92 Å². The molecule has 1 unspecified atom stereocenters. The zero-order valence-corrected chi connectivity index (χ0v) is 11.8. The summed E-state index contributed by atoms with van der Waals surface area (Å²) in [5, 5.41) is 0. The monoisotopic (exact) mass is 316 g/mol. The Balaban J connectivity index is 2.33. The van der Waals surface area contributed by atoms with Gasteiger partial charge in [0.05, 0.1) is 0 Å². The Labute approximate surface area is 110 Å². The number of hydrogen-bond acceptors (Lipinski definition) is 4. The third kappa shape index (κ3) is 2.66. The molecule has 17 heavy (non-hydrogen) atoms. The van der Waals surface area contributed by atoms with Gasteiger partial charge < -0.3 is 5.73 Å². The third-order valence-corrected chi connectivity index (χ3v) is 4.16. The molecule has 2 aromatic rings. The lowest BCUT2D eigenvalue weighted by Crippen LogP contribution is -2.11. The Bertz CT molecular complexity index is 569. The van der Waals surface area contributed by atoms with E-state index in [0.29, 0.717) is 24.0 Å². The maximum atomic E-state index is 11.4. The molecule has 2 rings (SSSR count). The van der Waals surface area contributed by atoms with Crippen molar-refractivity contribution in [1.29, 1.82) is 0 Å². The van der Waals surface area contributed by atoms with Crippen LogP contribution in [0.4, 0.5) is 5.95 Å². The van der Waals surface area contributed by atoms with E-state index in [9.17, 15) is 4.21 Å². The number of fused-ring (bicyclic) bond motifs is 1. The van der Waals surface area contributed by atoms with Crippen molar-refractivity contribution in [1.82, 2.24) is 14.5 Å². The van der Waals surface area contributed by atoms with Crippen LogP contribution in [0.3, 0.4) is 0 Å². The Kier molecular flexibility index (Phi) is 3.78. The molecule has 0 saturated heterocycles. The third-order valence-electron chi connectivity index (χ3n) is 2.45. The van der Waals surface area contributed by atoms with Crippen LogP contribution in [-0.4, -0.2) is 30.2 Å². The van der Waals surface area contributed by atoms with Gasteiger partial charge in [0, 0.05) is 39.5 Å². The van der Waals surface area contributed by atoms with Gasteiger partial charge in [-0.05, 0) is 22.0 Å². The standard InChI is InChI=1S/C10H13BrN4OS/c1-2-17(16)4-3-15-9-8(14-10(15)12)5-7(11)6-13-9/h5-6H,2-4H2,1H3,(H2,12,14). The van der Waals surface area contributed by atoms with Crippen molar-refractivity contribution in [3.8, 4) is 0 Å². The van der Waals surface area contributed by atoms with E-state index < -0.39 is 10.8 Å². The number of hydrogen-bond donors (Lipinski definition) is 1. The van der Waals surface area contributed by atoms with Gasteiger partial charge >= 0.3 is 0 Å². The number of nitrogen functional groups attached to an aromatic ring is 1. The van der Waals surface area contributed by atoms with Gasteiger partial charge in [-0.15, -0.1) is 0 Å². The highest BCUT2D eigenvalue weighted by molar-refractivity contribution is 9.10. The largest absolute Gasteiger partial charge is 0.369 e. The van der Waals surface area contributed by atoms with Gasteiger partial charge in [-0.1, -0.05) is 6.92 Å². The Morgan fingerprint density at radius 3 is 3.06 bits per heavy atom. The number of aromatic nitrogens is 3. The molecule has 2 N–H and O–H groups in total. The summed E-state index contributed by atoms with van der Waals surface area (Å²) in [6.07, 6.45) is 1.71. The van der Waals surface area contributed by atoms with Crippen LogP contribution in [-0.2, 0) is 17.3 Å². The van der Waals surface area contributed by atoms with E-state index in [-0.39, 0.29) is 0 Å².